The molecule has 1 saturated heterocycles. The van der Waals surface area contributed by atoms with Gasteiger partial charge in [-0.3, -0.25) is 4.79 Å². The Labute approximate surface area is 141 Å². The van der Waals surface area contributed by atoms with Gasteiger partial charge in [0.25, 0.3) is 0 Å². The summed E-state index contributed by atoms with van der Waals surface area (Å²) in [4.78, 5) is 14.2. The molecule has 0 radical (unpaired) electrons. The highest BCUT2D eigenvalue weighted by Crippen LogP contribution is 2.27. The lowest BCUT2D eigenvalue weighted by atomic mass is 10.0. The molecule has 0 aromatic heterocycles. The number of hydrogen-bond acceptors (Lipinski definition) is 4. The molecule has 1 aromatic carbocycles. The lowest BCUT2D eigenvalue weighted by Crippen LogP contribution is -2.50. The number of nitrogens with one attached hydrogen (secondary N) is 1. The lowest BCUT2D eigenvalue weighted by Gasteiger charge is -2.35. The monoisotopic (exact) mass is 331 g/mol. The first-order valence-corrected chi connectivity index (χ1v) is 8.51. The molecule has 2 N–H and O–H groups in total. The second-order valence-corrected chi connectivity index (χ2v) is 6.68. The highest BCUT2D eigenvalue weighted by molar-refractivity contribution is 5.80. The number of benzene rings is 1. The zero-order valence-electron chi connectivity index (χ0n) is 13.5. The van der Waals surface area contributed by atoms with E-state index < -0.39 is 11.9 Å². The fourth-order valence-electron chi connectivity index (χ4n) is 3.70. The third kappa shape index (κ3) is 3.51. The molecule has 1 aliphatic heterocycles. The molecule has 6 heteroatoms. The number of carbonyl (C=O) groups excluding carboxylic acids is 1. The van der Waals surface area contributed by atoms with Gasteiger partial charge in [-0.25, -0.2) is 4.39 Å². The van der Waals surface area contributed by atoms with E-state index in [-0.39, 0.29) is 17.9 Å². The van der Waals surface area contributed by atoms with Crippen LogP contribution < -0.4 is 10.2 Å². The van der Waals surface area contributed by atoms with Crippen LogP contribution in [0, 0.1) is 23.1 Å². The van der Waals surface area contributed by atoms with Crippen molar-refractivity contribution in [1.29, 1.82) is 5.26 Å². The molecule has 0 spiro atoms. The number of anilines is 1. The van der Waals surface area contributed by atoms with Crippen LogP contribution in [0.3, 0.4) is 0 Å². The Morgan fingerprint density at radius 1 is 1.33 bits per heavy atom. The second kappa shape index (κ2) is 7.18. The maximum atomic E-state index is 14.2. The molecular formula is C18H22FN3O2. The normalized spacial score (nSPS) is 26.9. The summed E-state index contributed by atoms with van der Waals surface area (Å²) in [7, 11) is 0. The van der Waals surface area contributed by atoms with Gasteiger partial charge in [0.15, 0.2) is 0 Å². The average Bonchev–Trinajstić information content (AvgIpc) is 3.01. The van der Waals surface area contributed by atoms with Crippen LogP contribution in [-0.4, -0.2) is 36.2 Å². The van der Waals surface area contributed by atoms with Crippen LogP contribution in [0.25, 0.3) is 0 Å². The van der Waals surface area contributed by atoms with E-state index in [4.69, 9.17) is 5.26 Å². The first-order chi connectivity index (χ1) is 11.6. The summed E-state index contributed by atoms with van der Waals surface area (Å²) in [5.41, 5.74) is 0.766. The third-order valence-corrected chi connectivity index (χ3v) is 5.00. The summed E-state index contributed by atoms with van der Waals surface area (Å²) < 4.78 is 14.2. The van der Waals surface area contributed by atoms with Gasteiger partial charge in [-0.1, -0.05) is 0 Å². The van der Waals surface area contributed by atoms with Crippen molar-refractivity contribution < 1.29 is 14.3 Å². The van der Waals surface area contributed by atoms with Crippen LogP contribution in [-0.2, 0) is 4.79 Å². The minimum absolute atomic E-state index is 0.0471. The Hall–Kier alpha value is -2.13. The first-order valence-electron chi connectivity index (χ1n) is 8.51. The predicted octanol–water partition coefficient (Wildman–Crippen LogP) is 1.94. The summed E-state index contributed by atoms with van der Waals surface area (Å²) in [5, 5.41) is 21.7. The van der Waals surface area contributed by atoms with Crippen molar-refractivity contribution in [2.24, 2.45) is 5.92 Å². The molecule has 2 aliphatic rings. The fraction of sp³-hybridized carbons (Fsp3) is 0.556. The lowest BCUT2D eigenvalue weighted by molar-refractivity contribution is -0.128. The van der Waals surface area contributed by atoms with Crippen LogP contribution in [0.2, 0.25) is 0 Å². The van der Waals surface area contributed by atoms with E-state index in [1.54, 1.807) is 12.1 Å². The third-order valence-electron chi connectivity index (χ3n) is 5.00. The molecule has 2 fully saturated rings. The van der Waals surface area contributed by atoms with E-state index in [0.717, 1.165) is 32.2 Å². The molecule has 1 aliphatic carbocycles. The van der Waals surface area contributed by atoms with E-state index in [2.05, 4.69) is 5.32 Å². The molecule has 0 bridgehead atoms. The van der Waals surface area contributed by atoms with Crippen LogP contribution >= 0.6 is 0 Å². The van der Waals surface area contributed by atoms with Gasteiger partial charge >= 0.3 is 0 Å². The van der Waals surface area contributed by atoms with Crippen LogP contribution in [0.15, 0.2) is 18.2 Å². The molecule has 1 saturated carbocycles. The average molecular weight is 331 g/mol. The number of amides is 1. The van der Waals surface area contributed by atoms with Gasteiger partial charge < -0.3 is 15.3 Å². The summed E-state index contributed by atoms with van der Waals surface area (Å²) in [6.45, 7) is 1.26. The molecule has 128 valence electrons. The molecule has 24 heavy (non-hydrogen) atoms. The standard InChI is InChI=1S/C18H22FN3O2/c19-15-9-12(10-20)6-7-16(15)22-8-2-3-13(11-22)21-18(24)14-4-1-5-17(14)23/h6-7,9,13-14,17,23H,1-5,8,11H2,(H,21,24). The number of nitriles is 1. The van der Waals surface area contributed by atoms with Crippen molar-refractivity contribution in [1.82, 2.24) is 5.32 Å². The van der Waals surface area contributed by atoms with E-state index >= 15 is 0 Å². The van der Waals surface area contributed by atoms with Gasteiger partial charge in [-0.15, -0.1) is 0 Å². The number of piperidine rings is 1. The minimum atomic E-state index is -0.541. The summed E-state index contributed by atoms with van der Waals surface area (Å²) >= 11 is 0. The number of rotatable bonds is 3. The highest BCUT2D eigenvalue weighted by Gasteiger charge is 2.33. The van der Waals surface area contributed by atoms with Crippen molar-refractivity contribution >= 4 is 11.6 Å². The van der Waals surface area contributed by atoms with Gasteiger partial charge in [0.1, 0.15) is 5.82 Å². The largest absolute Gasteiger partial charge is 0.392 e. The second-order valence-electron chi connectivity index (χ2n) is 6.68. The Morgan fingerprint density at radius 2 is 2.17 bits per heavy atom. The van der Waals surface area contributed by atoms with Gasteiger partial charge in [0, 0.05) is 19.1 Å². The summed E-state index contributed by atoms with van der Waals surface area (Å²) in [6.07, 6.45) is 3.46. The Bertz CT molecular complexity index is 658. The van der Waals surface area contributed by atoms with E-state index in [0.29, 0.717) is 24.2 Å². The number of carbonyl (C=O) groups is 1. The van der Waals surface area contributed by atoms with Crippen molar-refractivity contribution in [3.63, 3.8) is 0 Å². The van der Waals surface area contributed by atoms with Crippen LogP contribution in [0.1, 0.15) is 37.7 Å². The van der Waals surface area contributed by atoms with E-state index in [9.17, 15) is 14.3 Å². The number of nitrogens with zero attached hydrogens (tertiary/aromatic N) is 2. The topological polar surface area (TPSA) is 76.4 Å². The molecular weight excluding hydrogens is 309 g/mol. The Morgan fingerprint density at radius 3 is 2.83 bits per heavy atom. The number of aliphatic hydroxyl groups excluding tert-OH is 1. The number of aliphatic hydroxyl groups is 1. The smallest absolute Gasteiger partial charge is 0.225 e. The molecule has 5 nitrogen and oxygen atoms in total. The van der Waals surface area contributed by atoms with Crippen molar-refractivity contribution in [3.05, 3.63) is 29.6 Å². The molecule has 1 aromatic rings. The Balaban J connectivity index is 1.64. The van der Waals surface area contributed by atoms with Crippen LogP contribution in [0.4, 0.5) is 10.1 Å². The van der Waals surface area contributed by atoms with Gasteiger partial charge in [-0.2, -0.15) is 5.26 Å². The zero-order valence-corrected chi connectivity index (χ0v) is 13.5. The predicted molar refractivity (Wildman–Crippen MR) is 87.8 cm³/mol. The minimum Gasteiger partial charge on any atom is -0.392 e. The van der Waals surface area contributed by atoms with E-state index in [1.807, 2.05) is 11.0 Å². The van der Waals surface area contributed by atoms with E-state index in [1.165, 1.54) is 6.07 Å². The number of halogens is 1. The quantitative estimate of drug-likeness (QED) is 0.887. The maximum absolute atomic E-state index is 14.2. The van der Waals surface area contributed by atoms with Crippen molar-refractivity contribution in [2.45, 2.75) is 44.2 Å². The van der Waals surface area contributed by atoms with Crippen LogP contribution in [0.5, 0.6) is 0 Å². The van der Waals surface area contributed by atoms with Crippen molar-refractivity contribution in [3.8, 4) is 6.07 Å². The molecule has 3 rings (SSSR count). The fourth-order valence-corrected chi connectivity index (χ4v) is 3.70. The van der Waals surface area contributed by atoms with Crippen molar-refractivity contribution in [2.75, 3.05) is 18.0 Å². The summed E-state index contributed by atoms with van der Waals surface area (Å²) in [5.74, 6) is -0.814. The number of hydrogen-bond donors (Lipinski definition) is 2. The molecule has 3 atom stereocenters. The Kier molecular flexibility index (Phi) is 5.00. The van der Waals surface area contributed by atoms with Gasteiger partial charge in [-0.05, 0) is 50.3 Å². The molecule has 3 unspecified atom stereocenters. The zero-order chi connectivity index (χ0) is 17.1. The van der Waals surface area contributed by atoms with Gasteiger partial charge in [0.05, 0.1) is 29.3 Å². The first kappa shape index (κ1) is 16.7. The molecule has 1 amide bonds. The van der Waals surface area contributed by atoms with Gasteiger partial charge in [0.2, 0.25) is 5.91 Å². The summed E-state index contributed by atoms with van der Waals surface area (Å²) in [6, 6.07) is 6.35. The SMILES string of the molecule is N#Cc1ccc(N2CCCC(NC(=O)C3CCCC3O)C2)c(F)c1. The molecule has 1 heterocycles. The maximum Gasteiger partial charge on any atom is 0.225 e. The highest BCUT2D eigenvalue weighted by atomic mass is 19.1.